The van der Waals surface area contributed by atoms with Crippen molar-refractivity contribution in [2.45, 2.75) is 35.6 Å². The Balaban J connectivity index is 1.69. The predicted octanol–water partition coefficient (Wildman–Crippen LogP) is 1.06. The van der Waals surface area contributed by atoms with Crippen LogP contribution in [-0.4, -0.2) is 28.8 Å². The number of rotatable bonds is 7. The Morgan fingerprint density at radius 1 is 0.889 bits per heavy atom. The number of sulfonamides is 2. The highest BCUT2D eigenvalue weighted by Crippen LogP contribution is 2.22. The molecule has 0 unspecified atom stereocenters. The van der Waals surface area contributed by atoms with Crippen LogP contribution in [0.1, 0.15) is 28.8 Å². The molecule has 8 nitrogen and oxygen atoms in total. The lowest BCUT2D eigenvalue weighted by Gasteiger charge is -2.10. The molecule has 0 aliphatic heterocycles. The number of carbonyl (C=O) groups excluding carboxylic acids is 1. The van der Waals surface area contributed by atoms with Gasteiger partial charge in [0.15, 0.2) is 0 Å². The molecule has 0 spiro atoms. The highest BCUT2D eigenvalue weighted by atomic mass is 32.2. The first kappa shape index (κ1) is 19.5. The van der Waals surface area contributed by atoms with Gasteiger partial charge in [-0.25, -0.2) is 21.6 Å². The van der Waals surface area contributed by atoms with Crippen LogP contribution in [0.2, 0.25) is 0 Å². The molecule has 1 fully saturated rings. The van der Waals surface area contributed by atoms with E-state index in [1.807, 2.05) is 4.83 Å². The minimum atomic E-state index is -4.05. The highest BCUT2D eigenvalue weighted by molar-refractivity contribution is 7.90. The number of amides is 1. The first-order chi connectivity index (χ1) is 12.7. The Kier molecular flexibility index (Phi) is 5.33. The topological polar surface area (TPSA) is 121 Å². The summed E-state index contributed by atoms with van der Waals surface area (Å²) in [7, 11) is -7.71. The Morgan fingerprint density at radius 2 is 1.44 bits per heavy atom. The number of carbonyl (C=O) groups is 1. The predicted molar refractivity (Wildman–Crippen MR) is 98.8 cm³/mol. The zero-order valence-electron chi connectivity index (χ0n) is 14.5. The molecule has 0 aromatic heterocycles. The Morgan fingerprint density at radius 3 is 2.00 bits per heavy atom. The standard InChI is InChI=1S/C17H19N3O5S2/c1-12-4-2-3-5-16(12)17(21)18-20-27(24,25)15-10-8-14(9-11-15)26(22,23)19-13-6-7-13/h2-5,8-11,13,19-20H,6-7H2,1H3,(H,18,21). The van der Waals surface area contributed by atoms with E-state index in [0.29, 0.717) is 11.1 Å². The fraction of sp³-hybridized carbons (Fsp3) is 0.235. The van der Waals surface area contributed by atoms with Crippen LogP contribution in [0, 0.1) is 6.92 Å². The average Bonchev–Trinajstić information content (AvgIpc) is 3.43. The van der Waals surface area contributed by atoms with Gasteiger partial charge in [0, 0.05) is 11.6 Å². The summed E-state index contributed by atoms with van der Waals surface area (Å²) < 4.78 is 51.4. The van der Waals surface area contributed by atoms with Crippen LogP contribution in [0.15, 0.2) is 58.3 Å². The number of nitrogens with one attached hydrogen (secondary N) is 3. The van der Waals surface area contributed by atoms with Gasteiger partial charge in [-0.05, 0) is 55.7 Å². The van der Waals surface area contributed by atoms with Gasteiger partial charge in [0.2, 0.25) is 10.0 Å². The van der Waals surface area contributed by atoms with Gasteiger partial charge in [-0.15, -0.1) is 4.83 Å². The molecule has 0 heterocycles. The van der Waals surface area contributed by atoms with Crippen molar-refractivity contribution in [1.82, 2.24) is 15.0 Å². The van der Waals surface area contributed by atoms with E-state index < -0.39 is 26.0 Å². The summed E-state index contributed by atoms with van der Waals surface area (Å²) in [5.41, 5.74) is 3.19. The number of aryl methyl sites for hydroxylation is 1. The Labute approximate surface area is 158 Å². The molecule has 0 radical (unpaired) electrons. The maximum Gasteiger partial charge on any atom is 0.266 e. The molecular formula is C17H19N3O5S2. The fourth-order valence-electron chi connectivity index (χ4n) is 2.35. The van der Waals surface area contributed by atoms with Crippen molar-refractivity contribution in [1.29, 1.82) is 0 Å². The van der Waals surface area contributed by atoms with Crippen molar-refractivity contribution in [2.24, 2.45) is 0 Å². The molecule has 0 saturated heterocycles. The number of hydrazine groups is 1. The van der Waals surface area contributed by atoms with Gasteiger partial charge in [-0.3, -0.25) is 10.2 Å². The smallest absolute Gasteiger partial charge is 0.266 e. The Bertz CT molecular complexity index is 1060. The van der Waals surface area contributed by atoms with Crippen LogP contribution < -0.4 is 15.0 Å². The maximum atomic E-state index is 12.3. The minimum Gasteiger partial charge on any atom is -0.273 e. The number of hydrogen-bond donors (Lipinski definition) is 3. The molecule has 27 heavy (non-hydrogen) atoms. The van der Waals surface area contributed by atoms with Crippen molar-refractivity contribution in [3.05, 3.63) is 59.7 Å². The molecule has 2 aromatic rings. The van der Waals surface area contributed by atoms with Gasteiger partial charge in [-0.1, -0.05) is 18.2 Å². The van der Waals surface area contributed by atoms with Crippen molar-refractivity contribution in [3.8, 4) is 0 Å². The third-order valence-electron chi connectivity index (χ3n) is 4.03. The van der Waals surface area contributed by atoms with E-state index in [9.17, 15) is 21.6 Å². The van der Waals surface area contributed by atoms with Crippen molar-refractivity contribution in [3.63, 3.8) is 0 Å². The van der Waals surface area contributed by atoms with Gasteiger partial charge >= 0.3 is 0 Å². The molecule has 3 rings (SSSR count). The van der Waals surface area contributed by atoms with Gasteiger partial charge in [0.05, 0.1) is 9.79 Å². The molecule has 0 atom stereocenters. The maximum absolute atomic E-state index is 12.3. The summed E-state index contributed by atoms with van der Waals surface area (Å²) in [6, 6.07) is 11.5. The van der Waals surface area contributed by atoms with E-state index in [2.05, 4.69) is 10.1 Å². The minimum absolute atomic E-state index is 0.0164. The Hall–Kier alpha value is -2.27. The van der Waals surface area contributed by atoms with Crippen molar-refractivity contribution in [2.75, 3.05) is 0 Å². The summed E-state index contributed by atoms with van der Waals surface area (Å²) in [6.07, 6.45) is 1.60. The van der Waals surface area contributed by atoms with E-state index >= 15 is 0 Å². The molecule has 1 amide bonds. The quantitative estimate of drug-likeness (QED) is 0.591. The monoisotopic (exact) mass is 409 g/mol. The first-order valence-electron chi connectivity index (χ1n) is 8.19. The lowest BCUT2D eigenvalue weighted by Crippen LogP contribution is -2.41. The first-order valence-corrected chi connectivity index (χ1v) is 11.2. The number of benzene rings is 2. The summed E-state index contributed by atoms with van der Waals surface area (Å²) in [6.45, 7) is 1.73. The normalized spacial score (nSPS) is 14.7. The second kappa shape index (κ2) is 7.39. The SMILES string of the molecule is Cc1ccccc1C(=O)NNS(=O)(=O)c1ccc(S(=O)(=O)NC2CC2)cc1. The van der Waals surface area contributed by atoms with Gasteiger partial charge < -0.3 is 0 Å². The van der Waals surface area contributed by atoms with E-state index in [0.717, 1.165) is 12.8 Å². The third kappa shape index (κ3) is 4.72. The lowest BCUT2D eigenvalue weighted by atomic mass is 10.1. The molecule has 0 bridgehead atoms. The van der Waals surface area contributed by atoms with E-state index in [1.165, 1.54) is 24.3 Å². The van der Waals surface area contributed by atoms with Gasteiger partial charge in [0.25, 0.3) is 15.9 Å². The molecule has 1 aliphatic rings. The molecule has 2 aromatic carbocycles. The van der Waals surface area contributed by atoms with E-state index in [4.69, 9.17) is 0 Å². The van der Waals surface area contributed by atoms with Crippen LogP contribution in [0.3, 0.4) is 0 Å². The van der Waals surface area contributed by atoms with Crippen molar-refractivity contribution >= 4 is 26.0 Å². The van der Waals surface area contributed by atoms with Crippen molar-refractivity contribution < 1.29 is 21.6 Å². The average molecular weight is 409 g/mol. The van der Waals surface area contributed by atoms with Crippen LogP contribution in [0.25, 0.3) is 0 Å². The van der Waals surface area contributed by atoms with Crippen LogP contribution in [0.4, 0.5) is 0 Å². The molecule has 1 aliphatic carbocycles. The zero-order valence-corrected chi connectivity index (χ0v) is 16.1. The summed E-state index contributed by atoms with van der Waals surface area (Å²) in [5.74, 6) is -0.593. The molecule has 3 N–H and O–H groups in total. The largest absolute Gasteiger partial charge is 0.273 e. The summed E-state index contributed by atoms with van der Waals surface area (Å²) in [5, 5.41) is 0. The summed E-state index contributed by atoms with van der Waals surface area (Å²) in [4.78, 5) is 13.9. The fourth-order valence-corrected chi connectivity index (χ4v) is 4.50. The number of hydrogen-bond acceptors (Lipinski definition) is 5. The molecule has 1 saturated carbocycles. The van der Waals surface area contributed by atoms with E-state index in [1.54, 1.807) is 31.2 Å². The molecular weight excluding hydrogens is 390 g/mol. The molecule has 144 valence electrons. The second-order valence-corrected chi connectivity index (χ2v) is 9.64. The third-order valence-corrected chi connectivity index (χ3v) is 6.83. The molecule has 10 heteroatoms. The van der Waals surface area contributed by atoms with Gasteiger partial charge in [-0.2, -0.15) is 0 Å². The van der Waals surface area contributed by atoms with E-state index in [-0.39, 0.29) is 15.8 Å². The zero-order chi connectivity index (χ0) is 19.7. The lowest BCUT2D eigenvalue weighted by molar-refractivity contribution is 0.0944. The van der Waals surface area contributed by atoms with Crippen LogP contribution >= 0.6 is 0 Å². The van der Waals surface area contributed by atoms with Gasteiger partial charge in [0.1, 0.15) is 0 Å². The second-order valence-electron chi connectivity index (χ2n) is 6.24. The van der Waals surface area contributed by atoms with Crippen LogP contribution in [0.5, 0.6) is 0 Å². The van der Waals surface area contributed by atoms with Crippen LogP contribution in [-0.2, 0) is 20.0 Å². The summed E-state index contributed by atoms with van der Waals surface area (Å²) >= 11 is 0. The highest BCUT2D eigenvalue weighted by Gasteiger charge is 2.28.